The summed E-state index contributed by atoms with van der Waals surface area (Å²) >= 11 is 0. The van der Waals surface area contributed by atoms with Crippen LogP contribution < -0.4 is 29.4 Å². The average molecular weight is 675 g/mol. The van der Waals surface area contributed by atoms with Crippen LogP contribution in [0.2, 0.25) is 0 Å². The van der Waals surface area contributed by atoms with Crippen LogP contribution in [-0.4, -0.2) is 77.8 Å². The Labute approximate surface area is 294 Å². The van der Waals surface area contributed by atoms with Crippen LogP contribution in [0.15, 0.2) is 59.2 Å². The Morgan fingerprint density at radius 3 is 2.00 bits per heavy atom. The number of aliphatic imine (C=N–C) groups is 1. The first kappa shape index (κ1) is 39.4. The number of benzene rings is 2. The molecule has 268 valence electrons. The number of aromatic nitrogens is 1. The van der Waals surface area contributed by atoms with Crippen LogP contribution in [0.5, 0.6) is 28.7 Å². The second-order valence-corrected chi connectivity index (χ2v) is 11.7. The molecule has 9 nitrogen and oxygen atoms in total. The van der Waals surface area contributed by atoms with Crippen molar-refractivity contribution >= 4 is 5.71 Å². The molecule has 0 atom stereocenters. The van der Waals surface area contributed by atoms with Crippen molar-refractivity contribution in [3.63, 3.8) is 0 Å². The summed E-state index contributed by atoms with van der Waals surface area (Å²) < 4.78 is 28.2. The van der Waals surface area contributed by atoms with Crippen LogP contribution in [-0.2, 0) is 6.54 Å². The van der Waals surface area contributed by atoms with Crippen LogP contribution in [0.3, 0.4) is 0 Å². The largest absolute Gasteiger partial charge is 0.493 e. The zero-order chi connectivity index (χ0) is 35.8. The Hall–Kier alpha value is -4.08. The Kier molecular flexibility index (Phi) is 16.4. The zero-order valence-electron chi connectivity index (χ0n) is 31.2. The minimum absolute atomic E-state index is 0.519. The van der Waals surface area contributed by atoms with Gasteiger partial charge in [0.1, 0.15) is 0 Å². The molecule has 0 radical (unpaired) electrons. The van der Waals surface area contributed by atoms with E-state index in [9.17, 15) is 0 Å². The van der Waals surface area contributed by atoms with Gasteiger partial charge in [0.25, 0.3) is 0 Å². The first-order chi connectivity index (χ1) is 24.0. The molecule has 1 aromatic heterocycles. The predicted molar refractivity (Wildman–Crippen MR) is 201 cm³/mol. The van der Waals surface area contributed by atoms with Crippen LogP contribution >= 0.6 is 0 Å². The highest BCUT2D eigenvalue weighted by Crippen LogP contribution is 2.46. The summed E-state index contributed by atoms with van der Waals surface area (Å²) in [5.41, 5.74) is 12.3. The first-order valence-electron chi connectivity index (χ1n) is 17.6. The van der Waals surface area contributed by atoms with Gasteiger partial charge in [0, 0.05) is 42.5 Å². The minimum Gasteiger partial charge on any atom is -0.493 e. The lowest BCUT2D eigenvalue weighted by molar-refractivity contribution is 0.268. The molecule has 2 heterocycles. The van der Waals surface area contributed by atoms with Gasteiger partial charge in [0.05, 0.1) is 47.0 Å². The Bertz CT molecular complexity index is 1510. The van der Waals surface area contributed by atoms with E-state index in [0.717, 1.165) is 79.5 Å². The van der Waals surface area contributed by atoms with Gasteiger partial charge in [-0.15, -0.1) is 0 Å². The fourth-order valence-corrected chi connectivity index (χ4v) is 6.27. The number of pyridine rings is 1. The number of dihydropyridines is 1. The van der Waals surface area contributed by atoms with Gasteiger partial charge in [-0.25, -0.2) is 0 Å². The molecule has 1 aliphatic heterocycles. The number of hydrogen-bond acceptors (Lipinski definition) is 9. The van der Waals surface area contributed by atoms with Gasteiger partial charge in [0.2, 0.25) is 5.75 Å². The molecule has 3 aromatic rings. The lowest BCUT2D eigenvalue weighted by Gasteiger charge is -2.28. The standard InChI is InChI=1S/C37H47N3O5.C2H6.CH5N/c1-7-16-40(17-13-25-11-14-38-31(18-25)29-22-34(42-3)37(45-6)35(23-29)43-4)24-26-12-15-39-32(19-26)28-20-30(27-9-8-10-27)36(44-5)33(21-28)41-2;2*1-2/h12,15,18-23,27H,7-11,13-14,16-17,24H2,1-6H3;1-2H3;2H2,1H3. The summed E-state index contributed by atoms with van der Waals surface area (Å²) in [6.45, 7) is 9.88. The molecule has 2 N–H and O–H groups in total. The second kappa shape index (κ2) is 20.4. The van der Waals surface area contributed by atoms with E-state index in [1.165, 1.54) is 43.0 Å². The van der Waals surface area contributed by atoms with E-state index in [1.54, 1.807) is 35.5 Å². The maximum absolute atomic E-state index is 5.78. The van der Waals surface area contributed by atoms with E-state index in [4.69, 9.17) is 33.7 Å². The molecule has 0 amide bonds. The van der Waals surface area contributed by atoms with Crippen molar-refractivity contribution in [1.29, 1.82) is 0 Å². The summed E-state index contributed by atoms with van der Waals surface area (Å²) in [7, 11) is 9.83. The molecule has 0 saturated heterocycles. The predicted octanol–water partition coefficient (Wildman–Crippen LogP) is 8.08. The zero-order valence-corrected chi connectivity index (χ0v) is 31.2. The Morgan fingerprint density at radius 1 is 0.796 bits per heavy atom. The fourth-order valence-electron chi connectivity index (χ4n) is 6.27. The van der Waals surface area contributed by atoms with E-state index < -0.39 is 0 Å². The van der Waals surface area contributed by atoms with Crippen molar-refractivity contribution < 1.29 is 23.7 Å². The molecule has 1 aliphatic carbocycles. The maximum Gasteiger partial charge on any atom is 0.203 e. The van der Waals surface area contributed by atoms with Crippen LogP contribution in [0.4, 0.5) is 0 Å². The van der Waals surface area contributed by atoms with Crippen molar-refractivity contribution in [2.24, 2.45) is 10.7 Å². The van der Waals surface area contributed by atoms with Crippen molar-refractivity contribution in [1.82, 2.24) is 9.88 Å². The van der Waals surface area contributed by atoms with Crippen molar-refractivity contribution in [3.05, 3.63) is 70.9 Å². The average Bonchev–Trinajstić information content (AvgIpc) is 3.14. The maximum atomic E-state index is 5.78. The fraction of sp³-hybridized carbons (Fsp3) is 0.500. The minimum atomic E-state index is 0.519. The molecule has 0 bridgehead atoms. The molecule has 0 spiro atoms. The molecule has 5 rings (SSSR count). The smallest absolute Gasteiger partial charge is 0.203 e. The first-order valence-corrected chi connectivity index (χ1v) is 17.6. The molecule has 1 saturated carbocycles. The van der Waals surface area contributed by atoms with Crippen LogP contribution in [0.25, 0.3) is 11.3 Å². The molecule has 1 fully saturated rings. The number of hydrogen-bond donors (Lipinski definition) is 1. The molecule has 9 heteroatoms. The van der Waals surface area contributed by atoms with Crippen LogP contribution in [0.1, 0.15) is 81.9 Å². The highest BCUT2D eigenvalue weighted by molar-refractivity contribution is 6.10. The molecule has 2 aromatic carbocycles. The summed E-state index contributed by atoms with van der Waals surface area (Å²) in [5.74, 6) is 3.99. The van der Waals surface area contributed by atoms with Gasteiger partial charge in [-0.3, -0.25) is 14.9 Å². The third kappa shape index (κ3) is 9.98. The lowest BCUT2D eigenvalue weighted by Crippen LogP contribution is -2.26. The van der Waals surface area contributed by atoms with Crippen molar-refractivity contribution in [3.8, 4) is 40.0 Å². The van der Waals surface area contributed by atoms with Gasteiger partial charge in [-0.2, -0.15) is 0 Å². The quantitative estimate of drug-likeness (QED) is 0.173. The molecular weight excluding hydrogens is 616 g/mol. The van der Waals surface area contributed by atoms with E-state index in [-0.39, 0.29) is 0 Å². The van der Waals surface area contributed by atoms with E-state index in [2.05, 4.69) is 47.9 Å². The number of nitrogens with two attached hydrogens (primary N) is 1. The number of allylic oxidation sites excluding steroid dienone is 1. The summed E-state index contributed by atoms with van der Waals surface area (Å²) in [6, 6.07) is 12.6. The number of methoxy groups -OCH3 is 5. The molecule has 0 unspecified atom stereocenters. The third-order valence-electron chi connectivity index (χ3n) is 8.88. The molecule has 49 heavy (non-hydrogen) atoms. The summed E-state index contributed by atoms with van der Waals surface area (Å²) in [6.07, 6.45) is 10.8. The van der Waals surface area contributed by atoms with Crippen LogP contribution in [0, 0.1) is 0 Å². The highest BCUT2D eigenvalue weighted by Gasteiger charge is 2.26. The summed E-state index contributed by atoms with van der Waals surface area (Å²) in [4.78, 5) is 12.1. The Balaban J connectivity index is 0.00000157. The van der Waals surface area contributed by atoms with Gasteiger partial charge in [-0.05, 0) is 99.7 Å². The van der Waals surface area contributed by atoms with Gasteiger partial charge in [-0.1, -0.05) is 32.8 Å². The SMILES string of the molecule is CC.CCCN(CCC1=CC(c2cc(OC)c(OC)c(OC)c2)=NCC1)Cc1ccnc(-c2cc(OC)c(OC)c(C3CCC3)c2)c1.CN. The number of ether oxygens (including phenoxy) is 5. The van der Waals surface area contributed by atoms with Crippen molar-refractivity contribution in [2.45, 2.75) is 71.8 Å². The Morgan fingerprint density at radius 2 is 1.43 bits per heavy atom. The van der Waals surface area contributed by atoms with Crippen molar-refractivity contribution in [2.75, 3.05) is 62.2 Å². The topological polar surface area (TPSA) is 101 Å². The van der Waals surface area contributed by atoms with Gasteiger partial charge >= 0.3 is 0 Å². The highest BCUT2D eigenvalue weighted by atomic mass is 16.5. The number of rotatable bonds is 15. The second-order valence-electron chi connectivity index (χ2n) is 11.7. The monoisotopic (exact) mass is 674 g/mol. The van der Waals surface area contributed by atoms with Gasteiger partial charge < -0.3 is 29.4 Å². The van der Waals surface area contributed by atoms with E-state index >= 15 is 0 Å². The normalized spacial score (nSPS) is 13.9. The summed E-state index contributed by atoms with van der Waals surface area (Å²) in [5, 5.41) is 0. The van der Waals surface area contributed by atoms with E-state index in [0.29, 0.717) is 23.2 Å². The molecular formula is C40H58N4O5. The lowest BCUT2D eigenvalue weighted by atomic mass is 9.79. The number of nitrogens with zero attached hydrogens (tertiary/aromatic N) is 3. The third-order valence-corrected chi connectivity index (χ3v) is 8.88. The van der Waals surface area contributed by atoms with Gasteiger partial charge in [0.15, 0.2) is 23.0 Å². The molecule has 2 aliphatic rings. The van der Waals surface area contributed by atoms with E-state index in [1.807, 2.05) is 32.2 Å².